The Bertz CT molecular complexity index is 511. The maximum Gasteiger partial charge on any atom is 0.154 e. The fraction of sp³-hybridized carbons (Fsp3) is 0.500. The van der Waals surface area contributed by atoms with E-state index in [1.54, 1.807) is 10.9 Å². The van der Waals surface area contributed by atoms with Crippen LogP contribution in [0, 0.1) is 0 Å². The van der Waals surface area contributed by atoms with E-state index < -0.39 is 0 Å². The van der Waals surface area contributed by atoms with Crippen LogP contribution in [0.2, 0.25) is 0 Å². The SMILES string of the molecule is Cn1cc(C(N)c2nnc3n2CCC3)cn1. The summed E-state index contributed by atoms with van der Waals surface area (Å²) in [6.45, 7) is 0.978. The minimum Gasteiger partial charge on any atom is -0.318 e. The third kappa shape index (κ3) is 1.34. The lowest BCUT2D eigenvalue weighted by Gasteiger charge is -2.09. The zero-order valence-corrected chi connectivity index (χ0v) is 9.17. The van der Waals surface area contributed by atoms with E-state index in [0.717, 1.165) is 36.6 Å². The molecule has 0 radical (unpaired) electrons. The molecule has 0 aliphatic carbocycles. The maximum atomic E-state index is 6.17. The first-order valence-corrected chi connectivity index (χ1v) is 5.42. The van der Waals surface area contributed by atoms with Crippen LogP contribution in [0.15, 0.2) is 12.4 Å². The highest BCUT2D eigenvalue weighted by Crippen LogP contribution is 2.22. The van der Waals surface area contributed by atoms with Gasteiger partial charge >= 0.3 is 0 Å². The Labute approximate surface area is 93.1 Å². The number of rotatable bonds is 2. The molecule has 1 aliphatic heterocycles. The Morgan fingerprint density at radius 3 is 3.06 bits per heavy atom. The Morgan fingerprint density at radius 2 is 2.31 bits per heavy atom. The summed E-state index contributed by atoms with van der Waals surface area (Å²) in [5.41, 5.74) is 7.15. The molecular weight excluding hydrogens is 204 g/mol. The molecule has 1 atom stereocenters. The first kappa shape index (κ1) is 9.53. The van der Waals surface area contributed by atoms with Gasteiger partial charge < -0.3 is 10.3 Å². The normalized spacial score (nSPS) is 16.4. The molecular formula is C10H14N6. The summed E-state index contributed by atoms with van der Waals surface area (Å²) in [4.78, 5) is 0. The molecule has 0 saturated heterocycles. The summed E-state index contributed by atoms with van der Waals surface area (Å²) in [5, 5.41) is 12.5. The fourth-order valence-corrected chi connectivity index (χ4v) is 2.15. The zero-order valence-electron chi connectivity index (χ0n) is 9.17. The lowest BCUT2D eigenvalue weighted by Crippen LogP contribution is -2.17. The molecule has 2 N–H and O–H groups in total. The number of nitrogens with zero attached hydrogens (tertiary/aromatic N) is 5. The van der Waals surface area contributed by atoms with Gasteiger partial charge in [-0.3, -0.25) is 4.68 Å². The van der Waals surface area contributed by atoms with E-state index >= 15 is 0 Å². The average molecular weight is 218 g/mol. The predicted molar refractivity (Wildman–Crippen MR) is 57.6 cm³/mol. The van der Waals surface area contributed by atoms with Crippen LogP contribution in [0.4, 0.5) is 0 Å². The Kier molecular flexibility index (Phi) is 2.03. The number of fused-ring (bicyclic) bond motifs is 1. The molecule has 0 fully saturated rings. The molecule has 1 aliphatic rings. The lowest BCUT2D eigenvalue weighted by atomic mass is 10.1. The van der Waals surface area contributed by atoms with Crippen LogP contribution >= 0.6 is 0 Å². The number of hydrogen-bond donors (Lipinski definition) is 1. The second kappa shape index (κ2) is 3.41. The fourth-order valence-electron chi connectivity index (χ4n) is 2.15. The summed E-state index contributed by atoms with van der Waals surface area (Å²) in [6, 6.07) is -0.229. The summed E-state index contributed by atoms with van der Waals surface area (Å²) >= 11 is 0. The van der Waals surface area contributed by atoms with Crippen LogP contribution in [0.1, 0.15) is 29.7 Å². The van der Waals surface area contributed by atoms with Crippen molar-refractivity contribution < 1.29 is 0 Å². The number of aryl methyl sites for hydroxylation is 2. The monoisotopic (exact) mass is 218 g/mol. The van der Waals surface area contributed by atoms with Gasteiger partial charge in [-0.05, 0) is 6.42 Å². The molecule has 6 heteroatoms. The van der Waals surface area contributed by atoms with E-state index in [9.17, 15) is 0 Å². The highest BCUT2D eigenvalue weighted by Gasteiger charge is 2.23. The first-order chi connectivity index (χ1) is 7.75. The summed E-state index contributed by atoms with van der Waals surface area (Å²) in [7, 11) is 1.88. The summed E-state index contributed by atoms with van der Waals surface area (Å²) in [5.74, 6) is 1.90. The molecule has 3 heterocycles. The van der Waals surface area contributed by atoms with Gasteiger partial charge in [0, 0.05) is 31.8 Å². The van der Waals surface area contributed by atoms with Crippen molar-refractivity contribution >= 4 is 0 Å². The minimum atomic E-state index is -0.229. The van der Waals surface area contributed by atoms with Crippen LogP contribution in [-0.2, 0) is 20.0 Å². The molecule has 0 spiro atoms. The average Bonchev–Trinajstić information content (AvgIpc) is 2.90. The van der Waals surface area contributed by atoms with Gasteiger partial charge in [-0.25, -0.2) is 0 Å². The Hall–Kier alpha value is -1.69. The Balaban J connectivity index is 1.97. The minimum absolute atomic E-state index is 0.229. The van der Waals surface area contributed by atoms with Crippen molar-refractivity contribution in [3.05, 3.63) is 29.6 Å². The molecule has 0 saturated carbocycles. The van der Waals surface area contributed by atoms with E-state index in [0.29, 0.717) is 0 Å². The smallest absolute Gasteiger partial charge is 0.154 e. The lowest BCUT2D eigenvalue weighted by molar-refractivity contribution is 0.649. The van der Waals surface area contributed by atoms with Gasteiger partial charge in [-0.1, -0.05) is 0 Å². The molecule has 1 unspecified atom stereocenters. The molecule has 3 rings (SSSR count). The third-order valence-electron chi connectivity index (χ3n) is 3.00. The highest BCUT2D eigenvalue weighted by atomic mass is 15.3. The molecule has 2 aromatic heterocycles. The van der Waals surface area contributed by atoms with Crippen LogP contribution in [-0.4, -0.2) is 24.5 Å². The van der Waals surface area contributed by atoms with E-state index in [4.69, 9.17) is 5.73 Å². The van der Waals surface area contributed by atoms with Crippen molar-refractivity contribution in [2.45, 2.75) is 25.4 Å². The second-order valence-corrected chi connectivity index (χ2v) is 4.15. The third-order valence-corrected chi connectivity index (χ3v) is 3.00. The van der Waals surface area contributed by atoms with Crippen LogP contribution in [0.3, 0.4) is 0 Å². The molecule has 0 aromatic carbocycles. The molecule has 0 bridgehead atoms. The molecule has 6 nitrogen and oxygen atoms in total. The number of hydrogen-bond acceptors (Lipinski definition) is 4. The van der Waals surface area contributed by atoms with Crippen LogP contribution in [0.25, 0.3) is 0 Å². The second-order valence-electron chi connectivity index (χ2n) is 4.15. The first-order valence-electron chi connectivity index (χ1n) is 5.42. The number of nitrogens with two attached hydrogens (primary N) is 1. The van der Waals surface area contributed by atoms with Crippen molar-refractivity contribution in [1.29, 1.82) is 0 Å². The maximum absolute atomic E-state index is 6.17. The largest absolute Gasteiger partial charge is 0.318 e. The quantitative estimate of drug-likeness (QED) is 0.770. The van der Waals surface area contributed by atoms with E-state index in [-0.39, 0.29) is 6.04 Å². The van der Waals surface area contributed by atoms with Gasteiger partial charge in [-0.2, -0.15) is 5.10 Å². The molecule has 16 heavy (non-hydrogen) atoms. The van der Waals surface area contributed by atoms with Gasteiger partial charge in [0.1, 0.15) is 5.82 Å². The van der Waals surface area contributed by atoms with Gasteiger partial charge in [0.25, 0.3) is 0 Å². The van der Waals surface area contributed by atoms with Crippen molar-refractivity contribution in [3.63, 3.8) is 0 Å². The summed E-state index contributed by atoms with van der Waals surface area (Å²) < 4.78 is 3.87. The predicted octanol–water partition coefficient (Wildman–Crippen LogP) is 0.00590. The van der Waals surface area contributed by atoms with E-state index in [1.165, 1.54) is 0 Å². The van der Waals surface area contributed by atoms with Crippen molar-refractivity contribution in [2.75, 3.05) is 0 Å². The standard InChI is InChI=1S/C10H14N6/c1-15-6-7(5-12-15)9(11)10-14-13-8-3-2-4-16(8)10/h5-6,9H,2-4,11H2,1H3. The van der Waals surface area contributed by atoms with E-state index in [2.05, 4.69) is 19.9 Å². The van der Waals surface area contributed by atoms with Gasteiger partial charge in [0.2, 0.25) is 0 Å². The van der Waals surface area contributed by atoms with Gasteiger partial charge in [0.15, 0.2) is 5.82 Å². The van der Waals surface area contributed by atoms with Crippen molar-refractivity contribution in [2.24, 2.45) is 12.8 Å². The van der Waals surface area contributed by atoms with Gasteiger partial charge in [0.05, 0.1) is 12.2 Å². The van der Waals surface area contributed by atoms with Crippen LogP contribution < -0.4 is 5.73 Å². The molecule has 0 amide bonds. The molecule has 84 valence electrons. The zero-order chi connectivity index (χ0) is 11.1. The molecule has 2 aromatic rings. The topological polar surface area (TPSA) is 74.6 Å². The van der Waals surface area contributed by atoms with E-state index in [1.807, 2.05) is 13.2 Å². The van der Waals surface area contributed by atoms with Gasteiger partial charge in [-0.15, -0.1) is 10.2 Å². The number of aromatic nitrogens is 5. The van der Waals surface area contributed by atoms with Crippen LogP contribution in [0.5, 0.6) is 0 Å². The Morgan fingerprint density at radius 1 is 1.44 bits per heavy atom. The summed E-state index contributed by atoms with van der Waals surface area (Å²) in [6.07, 6.45) is 5.84. The van der Waals surface area contributed by atoms with Crippen molar-refractivity contribution in [3.8, 4) is 0 Å². The highest BCUT2D eigenvalue weighted by molar-refractivity contribution is 5.20. The van der Waals surface area contributed by atoms with Crippen molar-refractivity contribution in [1.82, 2.24) is 24.5 Å².